The zero-order valence-electron chi connectivity index (χ0n) is 13.8. The fraction of sp³-hybridized carbons (Fsp3) is 0.200. The Balaban J connectivity index is 1.84. The first-order chi connectivity index (χ1) is 11.6. The van der Waals surface area contributed by atoms with Gasteiger partial charge in [0.25, 0.3) is 0 Å². The summed E-state index contributed by atoms with van der Waals surface area (Å²) in [6.45, 7) is 4.05. The number of benzene rings is 2. The molecule has 24 heavy (non-hydrogen) atoms. The quantitative estimate of drug-likeness (QED) is 0.797. The van der Waals surface area contributed by atoms with Gasteiger partial charge in [-0.3, -0.25) is 4.79 Å². The molecule has 4 nitrogen and oxygen atoms in total. The number of para-hydroxylation sites is 1. The number of carbonyl (C=O) groups is 1. The van der Waals surface area contributed by atoms with Gasteiger partial charge in [-0.05, 0) is 25.5 Å². The Bertz CT molecular complexity index is 919. The summed E-state index contributed by atoms with van der Waals surface area (Å²) in [5.41, 5.74) is 3.43. The van der Waals surface area contributed by atoms with Crippen molar-refractivity contribution in [3.8, 4) is 6.07 Å². The Morgan fingerprint density at radius 1 is 1.17 bits per heavy atom. The first-order valence-corrected chi connectivity index (χ1v) is 7.94. The van der Waals surface area contributed by atoms with Crippen LogP contribution in [0.3, 0.4) is 0 Å². The van der Waals surface area contributed by atoms with Crippen LogP contribution in [0.4, 0.5) is 0 Å². The monoisotopic (exact) mass is 317 g/mol. The predicted octanol–water partition coefficient (Wildman–Crippen LogP) is 3.70. The molecule has 1 heterocycles. The van der Waals surface area contributed by atoms with Gasteiger partial charge in [-0.25, -0.2) is 0 Å². The van der Waals surface area contributed by atoms with Gasteiger partial charge in [-0.2, -0.15) is 5.26 Å². The molecule has 0 radical (unpaired) electrons. The topological polar surface area (TPSA) is 57.8 Å². The molecule has 3 rings (SSSR count). The predicted molar refractivity (Wildman–Crippen MR) is 94.4 cm³/mol. The fourth-order valence-electron chi connectivity index (χ4n) is 3.03. The Morgan fingerprint density at radius 3 is 2.54 bits per heavy atom. The van der Waals surface area contributed by atoms with E-state index in [1.165, 1.54) is 0 Å². The number of aromatic nitrogens is 1. The molecule has 0 spiro atoms. The molecule has 1 aromatic heterocycles. The van der Waals surface area contributed by atoms with E-state index >= 15 is 0 Å². The summed E-state index contributed by atoms with van der Waals surface area (Å²) in [5, 5.41) is 13.3. The minimum atomic E-state index is -0.0697. The number of amides is 1. The smallest absolute Gasteiger partial charge is 0.240 e. The Kier molecular flexibility index (Phi) is 4.35. The van der Waals surface area contributed by atoms with Crippen LogP contribution < -0.4 is 5.32 Å². The van der Waals surface area contributed by atoms with Crippen LogP contribution >= 0.6 is 0 Å². The van der Waals surface area contributed by atoms with Crippen LogP contribution in [-0.4, -0.2) is 10.5 Å². The molecule has 0 fully saturated rings. The molecule has 0 unspecified atom stereocenters. The van der Waals surface area contributed by atoms with E-state index in [0.29, 0.717) is 5.56 Å². The highest BCUT2D eigenvalue weighted by Gasteiger charge is 2.16. The Labute approximate surface area is 141 Å². The number of nitriles is 1. The summed E-state index contributed by atoms with van der Waals surface area (Å²) in [5.74, 6) is -0.0697. The lowest BCUT2D eigenvalue weighted by molar-refractivity contribution is -0.122. The Morgan fingerprint density at radius 2 is 1.83 bits per heavy atom. The van der Waals surface area contributed by atoms with Gasteiger partial charge in [0.2, 0.25) is 5.91 Å². The number of carbonyl (C=O) groups excluding carboxylic acids is 1. The molecule has 1 amide bonds. The molecule has 0 aliphatic carbocycles. The lowest BCUT2D eigenvalue weighted by atomic mass is 10.1. The van der Waals surface area contributed by atoms with Crippen molar-refractivity contribution in [1.29, 1.82) is 5.26 Å². The molecule has 0 aliphatic heterocycles. The maximum Gasteiger partial charge on any atom is 0.240 e. The first kappa shape index (κ1) is 15.8. The minimum absolute atomic E-state index is 0.0590. The number of hydrogen-bond acceptors (Lipinski definition) is 2. The zero-order chi connectivity index (χ0) is 17.1. The van der Waals surface area contributed by atoms with Gasteiger partial charge < -0.3 is 9.88 Å². The largest absolute Gasteiger partial charge is 0.348 e. The molecular formula is C20H19N3O. The second kappa shape index (κ2) is 6.59. The van der Waals surface area contributed by atoms with E-state index in [1.54, 1.807) is 0 Å². The lowest BCUT2D eigenvalue weighted by Gasteiger charge is -2.15. The van der Waals surface area contributed by atoms with E-state index in [9.17, 15) is 10.1 Å². The molecule has 0 aliphatic rings. The maximum atomic E-state index is 12.5. The average Bonchev–Trinajstić information content (AvgIpc) is 2.87. The lowest BCUT2D eigenvalue weighted by Crippen LogP contribution is -2.30. The molecule has 0 bridgehead atoms. The maximum absolute atomic E-state index is 12.5. The van der Waals surface area contributed by atoms with Crippen LogP contribution in [-0.2, 0) is 11.3 Å². The molecule has 0 saturated heterocycles. The van der Waals surface area contributed by atoms with Crippen LogP contribution in [0, 0.1) is 18.3 Å². The first-order valence-electron chi connectivity index (χ1n) is 7.94. The molecular weight excluding hydrogens is 298 g/mol. The van der Waals surface area contributed by atoms with Gasteiger partial charge >= 0.3 is 0 Å². The van der Waals surface area contributed by atoms with Crippen molar-refractivity contribution in [3.05, 3.63) is 71.4 Å². The van der Waals surface area contributed by atoms with Crippen molar-refractivity contribution < 1.29 is 4.79 Å². The van der Waals surface area contributed by atoms with E-state index in [1.807, 2.05) is 73.0 Å². The van der Waals surface area contributed by atoms with Crippen molar-refractivity contribution in [2.75, 3.05) is 0 Å². The van der Waals surface area contributed by atoms with Gasteiger partial charge in [-0.1, -0.05) is 48.5 Å². The standard InChI is InChI=1S/C20H19N3O/c1-14(16-8-4-3-5-9-16)22-20(24)13-23-15(2)18(12-21)17-10-6-7-11-19(17)23/h3-11,14H,13H2,1-2H3,(H,22,24)/t14-/m1/s1. The van der Waals surface area contributed by atoms with Crippen LogP contribution in [0.1, 0.15) is 29.8 Å². The summed E-state index contributed by atoms with van der Waals surface area (Å²) in [7, 11) is 0. The number of rotatable bonds is 4. The van der Waals surface area contributed by atoms with Crippen molar-refractivity contribution in [2.45, 2.75) is 26.4 Å². The van der Waals surface area contributed by atoms with Crippen LogP contribution in [0.5, 0.6) is 0 Å². The Hall–Kier alpha value is -3.06. The van der Waals surface area contributed by atoms with Crippen LogP contribution in [0.15, 0.2) is 54.6 Å². The second-order valence-electron chi connectivity index (χ2n) is 5.88. The fourth-order valence-corrected chi connectivity index (χ4v) is 3.03. The summed E-state index contributed by atoms with van der Waals surface area (Å²) in [4.78, 5) is 12.5. The van der Waals surface area contributed by atoms with Crippen molar-refractivity contribution >= 4 is 16.8 Å². The van der Waals surface area contributed by atoms with Gasteiger partial charge in [0, 0.05) is 11.1 Å². The summed E-state index contributed by atoms with van der Waals surface area (Å²) < 4.78 is 1.90. The second-order valence-corrected chi connectivity index (χ2v) is 5.88. The normalized spacial score (nSPS) is 11.9. The van der Waals surface area contributed by atoms with Gasteiger partial charge in [0.15, 0.2) is 0 Å². The number of nitrogens with one attached hydrogen (secondary N) is 1. The molecule has 120 valence electrons. The highest BCUT2D eigenvalue weighted by atomic mass is 16.2. The third-order valence-electron chi connectivity index (χ3n) is 4.32. The molecule has 0 saturated carbocycles. The molecule has 1 N–H and O–H groups in total. The third-order valence-corrected chi connectivity index (χ3v) is 4.32. The highest BCUT2D eigenvalue weighted by Crippen LogP contribution is 2.25. The van der Waals surface area contributed by atoms with Crippen LogP contribution in [0.25, 0.3) is 10.9 Å². The van der Waals surface area contributed by atoms with E-state index in [-0.39, 0.29) is 18.5 Å². The highest BCUT2D eigenvalue weighted by molar-refractivity contribution is 5.89. The molecule has 1 atom stereocenters. The van der Waals surface area contributed by atoms with E-state index in [2.05, 4.69) is 11.4 Å². The van der Waals surface area contributed by atoms with Gasteiger partial charge in [-0.15, -0.1) is 0 Å². The zero-order valence-corrected chi connectivity index (χ0v) is 13.8. The summed E-state index contributed by atoms with van der Waals surface area (Å²) in [6, 6.07) is 19.7. The van der Waals surface area contributed by atoms with Gasteiger partial charge in [0.1, 0.15) is 12.6 Å². The van der Waals surface area contributed by atoms with Crippen molar-refractivity contribution in [3.63, 3.8) is 0 Å². The summed E-state index contributed by atoms with van der Waals surface area (Å²) >= 11 is 0. The number of fused-ring (bicyclic) bond motifs is 1. The van der Waals surface area contributed by atoms with E-state index < -0.39 is 0 Å². The third kappa shape index (κ3) is 2.89. The van der Waals surface area contributed by atoms with Crippen molar-refractivity contribution in [1.82, 2.24) is 9.88 Å². The molecule has 3 aromatic rings. The molecule has 2 aromatic carbocycles. The minimum Gasteiger partial charge on any atom is -0.348 e. The SMILES string of the molecule is Cc1c(C#N)c2ccccc2n1CC(=O)N[C@H](C)c1ccccc1. The van der Waals surface area contributed by atoms with E-state index in [0.717, 1.165) is 22.2 Å². The van der Waals surface area contributed by atoms with Gasteiger partial charge in [0.05, 0.1) is 17.1 Å². The van der Waals surface area contributed by atoms with Crippen LogP contribution in [0.2, 0.25) is 0 Å². The summed E-state index contributed by atoms with van der Waals surface area (Å²) in [6.07, 6.45) is 0. The number of hydrogen-bond donors (Lipinski definition) is 1. The van der Waals surface area contributed by atoms with Crippen molar-refractivity contribution in [2.24, 2.45) is 0 Å². The average molecular weight is 317 g/mol. The number of nitrogens with zero attached hydrogens (tertiary/aromatic N) is 2. The molecule has 4 heteroatoms. The van der Waals surface area contributed by atoms with E-state index in [4.69, 9.17) is 0 Å².